The number of guanidine groups is 1. The topological polar surface area (TPSA) is 158 Å². The average Bonchev–Trinajstić information content (AvgIpc) is 2.72. The first kappa shape index (κ1) is 26.7. The second kappa shape index (κ2) is 12.1. The molecule has 10 heteroatoms. The number of hydrogen-bond acceptors (Lipinski definition) is 6. The Labute approximate surface area is 196 Å². The maximum absolute atomic E-state index is 12.8. The summed E-state index contributed by atoms with van der Waals surface area (Å²) in [7, 11) is 1.31. The molecule has 33 heavy (non-hydrogen) atoms. The zero-order valence-corrected chi connectivity index (χ0v) is 20.4. The molecule has 2 fully saturated rings. The lowest BCUT2D eigenvalue weighted by molar-refractivity contribution is -0.143. The SMILES string of the molecule is COC(=O)C(CC1CCC(NC(=O)C2CCCC(N=C(N)N)C2)CC1)NC(=O)OC(C)(C)C. The lowest BCUT2D eigenvalue weighted by Gasteiger charge is -2.33. The van der Waals surface area contributed by atoms with E-state index in [-0.39, 0.29) is 35.8 Å². The highest BCUT2D eigenvalue weighted by Gasteiger charge is 2.32. The van der Waals surface area contributed by atoms with Gasteiger partial charge in [-0.3, -0.25) is 9.79 Å². The van der Waals surface area contributed by atoms with Crippen LogP contribution in [0.2, 0.25) is 0 Å². The van der Waals surface area contributed by atoms with Crippen LogP contribution in [0.5, 0.6) is 0 Å². The van der Waals surface area contributed by atoms with Gasteiger partial charge < -0.3 is 31.6 Å². The Morgan fingerprint density at radius 1 is 1.06 bits per heavy atom. The van der Waals surface area contributed by atoms with E-state index in [1.54, 1.807) is 20.8 Å². The summed E-state index contributed by atoms with van der Waals surface area (Å²) in [5.41, 5.74) is 10.3. The summed E-state index contributed by atoms with van der Waals surface area (Å²) in [5.74, 6) is -0.146. The molecule has 0 aromatic carbocycles. The van der Waals surface area contributed by atoms with Gasteiger partial charge >= 0.3 is 12.1 Å². The van der Waals surface area contributed by atoms with Crippen LogP contribution >= 0.6 is 0 Å². The van der Waals surface area contributed by atoms with E-state index in [1.807, 2.05) is 0 Å². The normalized spacial score (nSPS) is 26.4. The number of nitrogens with zero attached hydrogens (tertiary/aromatic N) is 1. The van der Waals surface area contributed by atoms with Gasteiger partial charge in [0.05, 0.1) is 13.2 Å². The first-order valence-electron chi connectivity index (χ1n) is 11.9. The van der Waals surface area contributed by atoms with E-state index in [9.17, 15) is 14.4 Å². The van der Waals surface area contributed by atoms with Gasteiger partial charge in [-0.15, -0.1) is 0 Å². The summed E-state index contributed by atoms with van der Waals surface area (Å²) in [6.45, 7) is 5.30. The Bertz CT molecular complexity index is 709. The lowest BCUT2D eigenvalue weighted by atomic mass is 9.81. The Kier molecular flexibility index (Phi) is 9.79. The number of carbonyl (C=O) groups is 3. The number of ether oxygens (including phenoxy) is 2. The minimum Gasteiger partial charge on any atom is -0.467 e. The minimum absolute atomic E-state index is 0.0166. The molecule has 0 heterocycles. The Morgan fingerprint density at radius 3 is 2.30 bits per heavy atom. The standard InChI is InChI=1S/C23H41N5O5/c1-23(2,3)33-22(31)28-18(20(30)32-4)12-14-8-10-16(11-9-14)26-19(29)15-6-5-7-17(13-15)27-21(24)25/h14-18H,5-13H2,1-4H3,(H,26,29)(H,28,31)(H4,24,25,27). The van der Waals surface area contributed by atoms with Crippen LogP contribution in [0.1, 0.15) is 78.6 Å². The number of amides is 2. The van der Waals surface area contributed by atoms with Crippen molar-refractivity contribution >= 4 is 23.9 Å². The van der Waals surface area contributed by atoms with Crippen molar-refractivity contribution in [2.45, 2.75) is 102 Å². The highest BCUT2D eigenvalue weighted by Crippen LogP contribution is 2.30. The van der Waals surface area contributed by atoms with Crippen LogP contribution in [-0.4, -0.2) is 54.8 Å². The van der Waals surface area contributed by atoms with E-state index in [4.69, 9.17) is 20.9 Å². The monoisotopic (exact) mass is 467 g/mol. The molecular weight excluding hydrogens is 426 g/mol. The van der Waals surface area contributed by atoms with Gasteiger partial charge in [0.25, 0.3) is 0 Å². The van der Waals surface area contributed by atoms with Gasteiger partial charge in [-0.05, 0) is 78.1 Å². The fourth-order valence-electron chi connectivity index (χ4n) is 4.73. The maximum atomic E-state index is 12.8. The number of nitrogens with two attached hydrogens (primary N) is 2. The number of carbonyl (C=O) groups excluding carboxylic acids is 3. The third-order valence-corrected chi connectivity index (χ3v) is 6.29. The van der Waals surface area contributed by atoms with Crippen LogP contribution in [0.25, 0.3) is 0 Å². The van der Waals surface area contributed by atoms with Gasteiger partial charge in [-0.1, -0.05) is 6.42 Å². The number of hydrogen-bond donors (Lipinski definition) is 4. The summed E-state index contributed by atoms with van der Waals surface area (Å²) >= 11 is 0. The van der Waals surface area contributed by atoms with Crippen LogP contribution in [0.3, 0.4) is 0 Å². The minimum atomic E-state index is -0.754. The summed E-state index contributed by atoms with van der Waals surface area (Å²) in [6, 6.07) is -0.619. The molecule has 3 atom stereocenters. The predicted molar refractivity (Wildman–Crippen MR) is 125 cm³/mol. The molecule has 0 bridgehead atoms. The average molecular weight is 468 g/mol. The third-order valence-electron chi connectivity index (χ3n) is 6.29. The molecule has 0 aromatic heterocycles. The second-order valence-corrected chi connectivity index (χ2v) is 10.3. The highest BCUT2D eigenvalue weighted by atomic mass is 16.6. The summed E-state index contributed by atoms with van der Waals surface area (Å²) in [6.07, 6.45) is 6.61. The molecule has 2 rings (SSSR count). The molecule has 2 aliphatic rings. The smallest absolute Gasteiger partial charge is 0.408 e. The Morgan fingerprint density at radius 2 is 1.73 bits per heavy atom. The van der Waals surface area contributed by atoms with Crippen molar-refractivity contribution in [1.82, 2.24) is 10.6 Å². The van der Waals surface area contributed by atoms with Crippen molar-refractivity contribution in [3.63, 3.8) is 0 Å². The van der Waals surface area contributed by atoms with E-state index >= 15 is 0 Å². The molecule has 10 nitrogen and oxygen atoms in total. The quantitative estimate of drug-likeness (QED) is 0.253. The summed E-state index contributed by atoms with van der Waals surface area (Å²) in [4.78, 5) is 41.3. The van der Waals surface area contributed by atoms with Crippen molar-refractivity contribution in [2.75, 3.05) is 7.11 Å². The first-order chi connectivity index (χ1) is 15.5. The first-order valence-corrected chi connectivity index (χ1v) is 11.9. The highest BCUT2D eigenvalue weighted by molar-refractivity contribution is 5.81. The number of alkyl carbamates (subject to hydrolysis) is 1. The fourth-order valence-corrected chi connectivity index (χ4v) is 4.73. The summed E-state index contributed by atoms with van der Waals surface area (Å²) < 4.78 is 10.1. The van der Waals surface area contributed by atoms with E-state index in [1.165, 1.54) is 7.11 Å². The molecule has 2 saturated carbocycles. The third kappa shape index (κ3) is 9.47. The number of nitrogens with one attached hydrogen (secondary N) is 2. The molecule has 2 aliphatic carbocycles. The van der Waals surface area contributed by atoms with Crippen molar-refractivity contribution in [2.24, 2.45) is 28.3 Å². The number of esters is 1. The molecule has 188 valence electrons. The number of methoxy groups -OCH3 is 1. The molecule has 0 saturated heterocycles. The summed E-state index contributed by atoms with van der Waals surface area (Å²) in [5, 5.41) is 5.84. The van der Waals surface area contributed by atoms with Gasteiger partial charge in [0.2, 0.25) is 5.91 Å². The van der Waals surface area contributed by atoms with Gasteiger partial charge in [-0.2, -0.15) is 0 Å². The van der Waals surface area contributed by atoms with E-state index in [0.29, 0.717) is 12.8 Å². The van der Waals surface area contributed by atoms with Crippen molar-refractivity contribution in [1.29, 1.82) is 0 Å². The molecule has 0 spiro atoms. The lowest BCUT2D eigenvalue weighted by Crippen LogP contribution is -2.46. The van der Waals surface area contributed by atoms with Crippen LogP contribution in [0, 0.1) is 11.8 Å². The molecule has 6 N–H and O–H groups in total. The molecule has 0 radical (unpaired) electrons. The van der Waals surface area contributed by atoms with Gasteiger partial charge in [0.1, 0.15) is 11.6 Å². The van der Waals surface area contributed by atoms with E-state index in [2.05, 4.69) is 15.6 Å². The molecule has 0 aromatic rings. The maximum Gasteiger partial charge on any atom is 0.408 e. The van der Waals surface area contributed by atoms with Crippen LogP contribution in [-0.2, 0) is 19.1 Å². The zero-order chi connectivity index (χ0) is 24.6. The van der Waals surface area contributed by atoms with Crippen LogP contribution in [0.15, 0.2) is 4.99 Å². The second-order valence-electron chi connectivity index (χ2n) is 10.3. The molecule has 2 amide bonds. The van der Waals surface area contributed by atoms with Gasteiger partial charge in [-0.25, -0.2) is 9.59 Å². The van der Waals surface area contributed by atoms with Gasteiger partial charge in [0, 0.05) is 12.0 Å². The predicted octanol–water partition coefficient (Wildman–Crippen LogP) is 1.95. The van der Waals surface area contributed by atoms with Crippen LogP contribution < -0.4 is 22.1 Å². The largest absolute Gasteiger partial charge is 0.467 e. The fraction of sp³-hybridized carbons (Fsp3) is 0.826. The van der Waals surface area contributed by atoms with Crippen molar-refractivity contribution in [3.8, 4) is 0 Å². The van der Waals surface area contributed by atoms with E-state index in [0.717, 1.165) is 44.9 Å². The van der Waals surface area contributed by atoms with Gasteiger partial charge in [0.15, 0.2) is 5.96 Å². The molecule has 3 unspecified atom stereocenters. The molecular formula is C23H41N5O5. The van der Waals surface area contributed by atoms with Crippen molar-refractivity contribution in [3.05, 3.63) is 0 Å². The Hall–Kier alpha value is -2.52. The van der Waals surface area contributed by atoms with Crippen molar-refractivity contribution < 1.29 is 23.9 Å². The van der Waals surface area contributed by atoms with Crippen LogP contribution in [0.4, 0.5) is 4.79 Å². The Balaban J connectivity index is 1.81. The number of aliphatic imine (C=N–C) groups is 1. The zero-order valence-electron chi connectivity index (χ0n) is 20.4. The van der Waals surface area contributed by atoms with E-state index < -0.39 is 23.7 Å². The molecule has 0 aliphatic heterocycles. The number of rotatable bonds is 7.